The first-order valence-corrected chi connectivity index (χ1v) is 12.4. The number of ether oxygens (including phenoxy) is 1. The Morgan fingerprint density at radius 3 is 2.57 bits per heavy atom. The summed E-state index contributed by atoms with van der Waals surface area (Å²) in [5, 5.41) is 11.5. The van der Waals surface area contributed by atoms with E-state index in [2.05, 4.69) is 28.1 Å². The molecule has 0 spiro atoms. The van der Waals surface area contributed by atoms with E-state index >= 15 is 0 Å². The first kappa shape index (κ1) is 21.4. The number of carbonyl (C=O) groups is 1. The van der Waals surface area contributed by atoms with Crippen molar-refractivity contribution >= 4 is 33.3 Å². The number of rotatable bonds is 6. The smallest absolute Gasteiger partial charge is 0.308 e. The van der Waals surface area contributed by atoms with Gasteiger partial charge in [-0.25, -0.2) is 4.98 Å². The number of nitrogens with one attached hydrogen (secondary N) is 1. The van der Waals surface area contributed by atoms with Crippen LogP contribution in [-0.2, 0) is 4.79 Å². The fourth-order valence-electron chi connectivity index (χ4n) is 4.55. The number of benzene rings is 3. The van der Waals surface area contributed by atoms with Crippen LogP contribution in [0, 0.1) is 5.92 Å². The summed E-state index contributed by atoms with van der Waals surface area (Å²) in [6.45, 7) is 1.18. The predicted molar refractivity (Wildman–Crippen MR) is 139 cm³/mol. The Labute approximate surface area is 206 Å². The molecule has 1 atom stereocenters. The van der Waals surface area contributed by atoms with Gasteiger partial charge in [-0.2, -0.15) is 0 Å². The quantitative estimate of drug-likeness (QED) is 0.283. The number of carboxylic acid groups (broad SMARTS) is 1. The first-order chi connectivity index (χ1) is 17.2. The maximum absolute atomic E-state index is 11.5. The summed E-state index contributed by atoms with van der Waals surface area (Å²) in [6, 6.07) is 26.0. The number of hydrogen-bond donors (Lipinski definition) is 2. The number of aromatic nitrogens is 2. The lowest BCUT2D eigenvalue weighted by atomic mass is 10.0. The molecule has 5 aromatic rings. The van der Waals surface area contributed by atoms with Gasteiger partial charge in [0.15, 0.2) is 5.13 Å². The van der Waals surface area contributed by atoms with E-state index in [0.29, 0.717) is 19.5 Å². The molecule has 7 heteroatoms. The van der Waals surface area contributed by atoms with Gasteiger partial charge in [-0.3, -0.25) is 4.79 Å². The molecule has 174 valence electrons. The van der Waals surface area contributed by atoms with Crippen molar-refractivity contribution in [1.29, 1.82) is 0 Å². The third-order valence-corrected chi connectivity index (χ3v) is 7.52. The average Bonchev–Trinajstić information content (AvgIpc) is 3.64. The van der Waals surface area contributed by atoms with Crippen LogP contribution in [0.2, 0.25) is 0 Å². The van der Waals surface area contributed by atoms with Crippen LogP contribution in [0.25, 0.3) is 32.6 Å². The summed E-state index contributed by atoms with van der Waals surface area (Å²) in [4.78, 5) is 23.0. The van der Waals surface area contributed by atoms with Gasteiger partial charge in [0.2, 0.25) is 0 Å². The van der Waals surface area contributed by atoms with Crippen molar-refractivity contribution in [3.8, 4) is 33.2 Å². The number of hydrogen-bond acceptors (Lipinski definition) is 5. The Balaban J connectivity index is 1.40. The highest BCUT2D eigenvalue weighted by atomic mass is 32.1. The van der Waals surface area contributed by atoms with E-state index in [0.717, 1.165) is 49.2 Å². The normalized spacial score (nSPS) is 15.5. The minimum Gasteiger partial charge on any atom is -0.481 e. The van der Waals surface area contributed by atoms with Crippen molar-refractivity contribution in [2.75, 3.05) is 18.0 Å². The SMILES string of the molecule is O=C(O)C1CCN(c2nc(-c3ccc(Oc4ccccc4)cc3)c(-c3cccc4[nH]ccc34)s2)C1. The molecule has 2 N–H and O–H groups in total. The predicted octanol–water partition coefficient (Wildman–Crippen LogP) is 6.66. The molecule has 2 aromatic heterocycles. The summed E-state index contributed by atoms with van der Waals surface area (Å²) in [6.07, 6.45) is 2.59. The standard InChI is InChI=1S/C28H23N3O3S/c32-27(33)19-14-16-31(17-19)28-30-25(26(35-28)23-7-4-8-24-22(23)13-15-29-24)18-9-11-21(12-10-18)34-20-5-2-1-3-6-20/h1-13,15,19,29H,14,16-17H2,(H,32,33). The molecule has 0 radical (unpaired) electrons. The van der Waals surface area contributed by atoms with Gasteiger partial charge in [-0.05, 0) is 55.0 Å². The highest BCUT2D eigenvalue weighted by Crippen LogP contribution is 2.44. The number of nitrogens with zero attached hydrogens (tertiary/aromatic N) is 2. The molecule has 0 aliphatic carbocycles. The van der Waals surface area contributed by atoms with E-state index in [1.54, 1.807) is 11.3 Å². The number of aliphatic carboxylic acids is 1. The molecule has 0 amide bonds. The zero-order chi connectivity index (χ0) is 23.8. The van der Waals surface area contributed by atoms with Crippen molar-refractivity contribution in [3.05, 3.63) is 85.1 Å². The Bertz CT molecular complexity index is 1490. The maximum Gasteiger partial charge on any atom is 0.308 e. The van der Waals surface area contributed by atoms with Gasteiger partial charge in [0.1, 0.15) is 11.5 Å². The van der Waals surface area contributed by atoms with Crippen molar-refractivity contribution < 1.29 is 14.6 Å². The first-order valence-electron chi connectivity index (χ1n) is 11.5. The second kappa shape index (κ2) is 8.92. The Kier molecular flexibility index (Phi) is 5.47. The number of H-pyrrole nitrogens is 1. The van der Waals surface area contributed by atoms with Crippen LogP contribution >= 0.6 is 11.3 Å². The minimum absolute atomic E-state index is 0.353. The summed E-state index contributed by atoms with van der Waals surface area (Å²) in [5.41, 5.74) is 4.07. The largest absolute Gasteiger partial charge is 0.481 e. The van der Waals surface area contributed by atoms with Gasteiger partial charge in [-0.15, -0.1) is 0 Å². The Morgan fingerprint density at radius 1 is 1.00 bits per heavy atom. The van der Waals surface area contributed by atoms with Gasteiger partial charge in [-0.1, -0.05) is 41.7 Å². The van der Waals surface area contributed by atoms with Crippen molar-refractivity contribution in [2.45, 2.75) is 6.42 Å². The summed E-state index contributed by atoms with van der Waals surface area (Å²) in [5.74, 6) is 0.454. The van der Waals surface area contributed by atoms with E-state index < -0.39 is 5.97 Å². The highest BCUT2D eigenvalue weighted by Gasteiger charge is 2.30. The number of carboxylic acids is 1. The molecule has 6 rings (SSSR count). The van der Waals surface area contributed by atoms with E-state index in [1.807, 2.05) is 66.9 Å². The Hall–Kier alpha value is -4.10. The van der Waals surface area contributed by atoms with E-state index in [4.69, 9.17) is 9.72 Å². The second-order valence-corrected chi connectivity index (χ2v) is 9.61. The van der Waals surface area contributed by atoms with Gasteiger partial charge < -0.3 is 19.7 Å². The van der Waals surface area contributed by atoms with E-state index in [9.17, 15) is 9.90 Å². The molecule has 1 saturated heterocycles. The molecule has 1 unspecified atom stereocenters. The molecule has 0 saturated carbocycles. The molecular weight excluding hydrogens is 458 g/mol. The number of aromatic amines is 1. The number of fused-ring (bicyclic) bond motifs is 1. The zero-order valence-electron chi connectivity index (χ0n) is 18.8. The molecule has 3 heterocycles. The van der Waals surface area contributed by atoms with E-state index in [1.165, 1.54) is 0 Å². The minimum atomic E-state index is -0.740. The lowest BCUT2D eigenvalue weighted by Gasteiger charge is -2.13. The van der Waals surface area contributed by atoms with Crippen LogP contribution in [0.5, 0.6) is 11.5 Å². The number of para-hydroxylation sites is 1. The fraction of sp³-hybridized carbons (Fsp3) is 0.143. The van der Waals surface area contributed by atoms with Crippen LogP contribution in [-0.4, -0.2) is 34.1 Å². The third-order valence-electron chi connectivity index (χ3n) is 6.37. The van der Waals surface area contributed by atoms with Crippen LogP contribution in [0.1, 0.15) is 6.42 Å². The van der Waals surface area contributed by atoms with Crippen molar-refractivity contribution in [2.24, 2.45) is 5.92 Å². The highest BCUT2D eigenvalue weighted by molar-refractivity contribution is 7.19. The lowest BCUT2D eigenvalue weighted by Crippen LogP contribution is -2.22. The maximum atomic E-state index is 11.5. The average molecular weight is 482 g/mol. The molecular formula is C28H23N3O3S. The molecule has 6 nitrogen and oxygen atoms in total. The Morgan fingerprint density at radius 2 is 1.80 bits per heavy atom. The summed E-state index contributed by atoms with van der Waals surface area (Å²) < 4.78 is 5.97. The summed E-state index contributed by atoms with van der Waals surface area (Å²) in [7, 11) is 0. The molecule has 1 aliphatic rings. The van der Waals surface area contributed by atoms with Gasteiger partial charge >= 0.3 is 5.97 Å². The van der Waals surface area contributed by atoms with Crippen molar-refractivity contribution in [1.82, 2.24) is 9.97 Å². The van der Waals surface area contributed by atoms with Gasteiger partial charge in [0.05, 0.1) is 16.5 Å². The fourth-order valence-corrected chi connectivity index (χ4v) is 5.71. The van der Waals surface area contributed by atoms with Crippen LogP contribution in [0.15, 0.2) is 85.1 Å². The van der Waals surface area contributed by atoms with Crippen molar-refractivity contribution in [3.63, 3.8) is 0 Å². The molecule has 3 aromatic carbocycles. The summed E-state index contributed by atoms with van der Waals surface area (Å²) >= 11 is 1.62. The van der Waals surface area contributed by atoms with Crippen LogP contribution in [0.4, 0.5) is 5.13 Å². The van der Waals surface area contributed by atoms with Gasteiger partial charge in [0, 0.05) is 41.3 Å². The van der Waals surface area contributed by atoms with Crippen LogP contribution < -0.4 is 9.64 Å². The van der Waals surface area contributed by atoms with Crippen LogP contribution in [0.3, 0.4) is 0 Å². The third kappa shape index (κ3) is 4.15. The number of anilines is 1. The molecule has 1 aliphatic heterocycles. The molecule has 35 heavy (non-hydrogen) atoms. The van der Waals surface area contributed by atoms with Gasteiger partial charge in [0.25, 0.3) is 0 Å². The number of thiazole rings is 1. The van der Waals surface area contributed by atoms with E-state index in [-0.39, 0.29) is 5.92 Å². The lowest BCUT2D eigenvalue weighted by molar-refractivity contribution is -0.140. The molecule has 0 bridgehead atoms. The molecule has 1 fully saturated rings. The zero-order valence-corrected chi connectivity index (χ0v) is 19.7. The monoisotopic (exact) mass is 481 g/mol. The second-order valence-electron chi connectivity index (χ2n) is 8.63. The topological polar surface area (TPSA) is 78.4 Å².